The monoisotopic (exact) mass is 245 g/mol. The van der Waals surface area contributed by atoms with Crippen molar-refractivity contribution in [1.29, 1.82) is 0 Å². The molecule has 1 aromatic carbocycles. The number of benzene rings is 1. The second-order valence-corrected chi connectivity index (χ2v) is 3.84. The van der Waals surface area contributed by atoms with Crippen molar-refractivity contribution >= 4 is 23.2 Å². The normalized spacial score (nSPS) is 11.6. The first-order valence-corrected chi connectivity index (χ1v) is 5.36. The van der Waals surface area contributed by atoms with E-state index in [4.69, 9.17) is 33.7 Å². The van der Waals surface area contributed by atoms with Gasteiger partial charge in [-0.05, 0) is 30.2 Å². The molecule has 0 saturated carbocycles. The fourth-order valence-corrected chi connectivity index (χ4v) is 1.33. The minimum Gasteiger partial charge on any atom is -0.488 e. The van der Waals surface area contributed by atoms with Crippen molar-refractivity contribution in [1.82, 2.24) is 0 Å². The summed E-state index contributed by atoms with van der Waals surface area (Å²) in [6.45, 7) is 2.79. The maximum absolute atomic E-state index is 6.00. The molecule has 0 saturated heterocycles. The van der Waals surface area contributed by atoms with E-state index in [1.165, 1.54) is 5.54 Å². The smallest absolute Gasteiger partial charge is 0.138 e. The molecule has 0 spiro atoms. The zero-order valence-electron chi connectivity index (χ0n) is 8.47. The number of rotatable bonds is 4. The Hall–Kier alpha value is -0.700. The molecule has 0 aromatic heterocycles. The van der Waals surface area contributed by atoms with E-state index in [1.54, 1.807) is 6.07 Å². The molecule has 0 bridgehead atoms. The molecular weight excluding hydrogens is 233 g/mol. The molecule has 82 valence electrons. The third-order valence-electron chi connectivity index (χ3n) is 1.87. The van der Waals surface area contributed by atoms with Gasteiger partial charge in [0.2, 0.25) is 0 Å². The molecule has 0 aliphatic rings. The number of nitrogens with two attached hydrogens (primary N) is 1. The van der Waals surface area contributed by atoms with Crippen molar-refractivity contribution in [3.8, 4) is 5.75 Å². The van der Waals surface area contributed by atoms with Gasteiger partial charge in [0, 0.05) is 12.1 Å². The van der Waals surface area contributed by atoms with Crippen molar-refractivity contribution < 1.29 is 4.74 Å². The average Bonchev–Trinajstić information content (AvgIpc) is 2.26. The largest absolute Gasteiger partial charge is 0.488 e. The highest BCUT2D eigenvalue weighted by Crippen LogP contribution is 2.25. The second-order valence-electron chi connectivity index (χ2n) is 3.21. The van der Waals surface area contributed by atoms with Crippen LogP contribution in [-0.4, -0.2) is 6.61 Å². The topological polar surface area (TPSA) is 35.2 Å². The summed E-state index contributed by atoms with van der Waals surface area (Å²) in [7, 11) is 0. The molecule has 0 amide bonds. The number of hydrogen-bond acceptors (Lipinski definition) is 2. The van der Waals surface area contributed by atoms with Crippen LogP contribution >= 0.6 is 23.2 Å². The minimum atomic E-state index is 0.436. The van der Waals surface area contributed by atoms with E-state index in [0.717, 1.165) is 11.1 Å². The van der Waals surface area contributed by atoms with Gasteiger partial charge in [0.05, 0.1) is 5.02 Å². The Kier molecular flexibility index (Phi) is 4.95. The van der Waals surface area contributed by atoms with Crippen molar-refractivity contribution in [3.05, 3.63) is 39.9 Å². The van der Waals surface area contributed by atoms with Gasteiger partial charge in [-0.2, -0.15) is 0 Å². The zero-order chi connectivity index (χ0) is 11.3. The Bertz CT molecular complexity index is 364. The SMILES string of the molecule is C/C(=C/Cl)COc1ccc(CN)cc1Cl. The second kappa shape index (κ2) is 6.01. The lowest BCUT2D eigenvalue weighted by Gasteiger charge is -2.08. The van der Waals surface area contributed by atoms with Gasteiger partial charge in [0.25, 0.3) is 0 Å². The number of hydrogen-bond donors (Lipinski definition) is 1. The molecule has 15 heavy (non-hydrogen) atoms. The quantitative estimate of drug-likeness (QED) is 0.884. The molecule has 0 radical (unpaired) electrons. The van der Waals surface area contributed by atoms with Gasteiger partial charge >= 0.3 is 0 Å². The van der Waals surface area contributed by atoms with Crippen molar-refractivity contribution in [2.45, 2.75) is 13.5 Å². The third-order valence-corrected chi connectivity index (χ3v) is 2.54. The summed E-state index contributed by atoms with van der Waals surface area (Å²) in [5, 5.41) is 0.570. The highest BCUT2D eigenvalue weighted by Gasteiger charge is 2.02. The predicted octanol–water partition coefficient (Wildman–Crippen LogP) is 3.32. The maximum Gasteiger partial charge on any atom is 0.138 e. The lowest BCUT2D eigenvalue weighted by molar-refractivity contribution is 0.352. The lowest BCUT2D eigenvalue weighted by Crippen LogP contribution is -2.00. The molecule has 0 unspecified atom stereocenters. The summed E-state index contributed by atoms with van der Waals surface area (Å²) in [4.78, 5) is 0. The summed E-state index contributed by atoms with van der Waals surface area (Å²) in [5.74, 6) is 0.645. The van der Waals surface area contributed by atoms with Crippen molar-refractivity contribution in [2.24, 2.45) is 5.73 Å². The van der Waals surface area contributed by atoms with E-state index in [9.17, 15) is 0 Å². The van der Waals surface area contributed by atoms with E-state index < -0.39 is 0 Å². The van der Waals surface area contributed by atoms with Gasteiger partial charge in [-0.3, -0.25) is 0 Å². The summed E-state index contributed by atoms with van der Waals surface area (Å²) in [6, 6.07) is 5.50. The molecule has 4 heteroatoms. The number of halogens is 2. The van der Waals surface area contributed by atoms with Crippen molar-refractivity contribution in [3.63, 3.8) is 0 Å². The summed E-state index contributed by atoms with van der Waals surface area (Å²) in [5.41, 5.74) is 8.90. The Morgan fingerprint density at radius 3 is 2.80 bits per heavy atom. The molecular formula is C11H13Cl2NO. The molecule has 0 atom stereocenters. The van der Waals surface area contributed by atoms with Gasteiger partial charge < -0.3 is 10.5 Å². The van der Waals surface area contributed by atoms with Crippen LogP contribution in [0.3, 0.4) is 0 Å². The molecule has 0 fully saturated rings. The van der Waals surface area contributed by atoms with E-state index in [-0.39, 0.29) is 0 Å². The summed E-state index contributed by atoms with van der Waals surface area (Å²) < 4.78 is 5.46. The van der Waals surface area contributed by atoms with Crippen LogP contribution in [0.25, 0.3) is 0 Å². The van der Waals surface area contributed by atoms with Crippen molar-refractivity contribution in [2.75, 3.05) is 6.61 Å². The fraction of sp³-hybridized carbons (Fsp3) is 0.273. The van der Waals surface area contributed by atoms with E-state index in [1.807, 2.05) is 19.1 Å². The molecule has 2 nitrogen and oxygen atoms in total. The van der Waals surface area contributed by atoms with Crippen LogP contribution in [0.5, 0.6) is 5.75 Å². The molecule has 1 aromatic rings. The highest BCUT2D eigenvalue weighted by molar-refractivity contribution is 6.32. The first kappa shape index (κ1) is 12.4. The Labute approximate surface area is 99.6 Å². The maximum atomic E-state index is 6.00. The summed E-state index contributed by atoms with van der Waals surface area (Å²) >= 11 is 11.5. The van der Waals surface area contributed by atoms with Crippen LogP contribution in [0, 0.1) is 0 Å². The Morgan fingerprint density at radius 2 is 2.27 bits per heavy atom. The molecule has 2 N–H and O–H groups in total. The molecule has 0 aliphatic carbocycles. The average molecular weight is 246 g/mol. The first-order chi connectivity index (χ1) is 7.17. The first-order valence-electron chi connectivity index (χ1n) is 4.54. The number of ether oxygens (including phenoxy) is 1. The van der Waals surface area contributed by atoms with Gasteiger partial charge in [-0.15, -0.1) is 0 Å². The molecule has 0 aliphatic heterocycles. The van der Waals surface area contributed by atoms with Gasteiger partial charge in [0.15, 0.2) is 0 Å². The standard InChI is InChI=1S/C11H13Cl2NO/c1-8(5-12)7-15-11-3-2-9(6-14)4-10(11)13/h2-5H,6-7,14H2,1H3/b8-5-. The van der Waals surface area contributed by atoms with Crippen LogP contribution in [0.2, 0.25) is 5.02 Å². The van der Waals surface area contributed by atoms with Crippen LogP contribution in [0.15, 0.2) is 29.3 Å². The van der Waals surface area contributed by atoms with Gasteiger partial charge in [0.1, 0.15) is 12.4 Å². The van der Waals surface area contributed by atoms with Gasteiger partial charge in [-0.25, -0.2) is 0 Å². The van der Waals surface area contributed by atoms with Crippen LogP contribution in [0.4, 0.5) is 0 Å². The van der Waals surface area contributed by atoms with Crippen LogP contribution in [0.1, 0.15) is 12.5 Å². The Balaban J connectivity index is 2.70. The zero-order valence-corrected chi connectivity index (χ0v) is 9.98. The van der Waals surface area contributed by atoms with E-state index in [2.05, 4.69) is 0 Å². The van der Waals surface area contributed by atoms with E-state index >= 15 is 0 Å². The molecule has 0 heterocycles. The predicted molar refractivity (Wildman–Crippen MR) is 64.4 cm³/mol. The summed E-state index contributed by atoms with van der Waals surface area (Å²) in [6.07, 6.45) is 0. The highest BCUT2D eigenvalue weighted by atomic mass is 35.5. The Morgan fingerprint density at radius 1 is 1.53 bits per heavy atom. The third kappa shape index (κ3) is 3.74. The fourth-order valence-electron chi connectivity index (χ4n) is 1.01. The van der Waals surface area contributed by atoms with E-state index in [0.29, 0.717) is 23.9 Å². The van der Waals surface area contributed by atoms with Gasteiger partial charge in [-0.1, -0.05) is 29.3 Å². The molecule has 1 rings (SSSR count). The minimum absolute atomic E-state index is 0.436. The lowest BCUT2D eigenvalue weighted by atomic mass is 10.2. The van der Waals surface area contributed by atoms with Crippen LogP contribution < -0.4 is 10.5 Å². The van der Waals surface area contributed by atoms with Crippen LogP contribution in [-0.2, 0) is 6.54 Å².